The fourth-order valence-corrected chi connectivity index (χ4v) is 3.00. The van der Waals surface area contributed by atoms with Crippen molar-refractivity contribution in [2.75, 3.05) is 5.32 Å². The first-order chi connectivity index (χ1) is 7.74. The molecular weight excluding hydrogens is 220 g/mol. The van der Waals surface area contributed by atoms with E-state index >= 15 is 0 Å². The van der Waals surface area contributed by atoms with Gasteiger partial charge in [0.2, 0.25) is 0 Å². The smallest absolute Gasteiger partial charge is 0.147 e. The van der Waals surface area contributed by atoms with Crippen molar-refractivity contribution in [3.8, 4) is 0 Å². The molecule has 0 aromatic carbocycles. The number of fused-ring (bicyclic) bond motifs is 1. The second kappa shape index (κ2) is 3.68. The normalized spacial score (nSPS) is 24.4. The maximum Gasteiger partial charge on any atom is 0.147 e. The Morgan fingerprint density at radius 3 is 3.00 bits per heavy atom. The van der Waals surface area contributed by atoms with Crippen LogP contribution in [0.2, 0.25) is 0 Å². The summed E-state index contributed by atoms with van der Waals surface area (Å²) in [6.45, 7) is 2.08. The van der Waals surface area contributed by atoms with Gasteiger partial charge in [-0.3, -0.25) is 0 Å². The SMILES string of the molecule is Cc1csc2c(NC3CC(N)C3)ncnc12. The van der Waals surface area contributed by atoms with E-state index in [1.165, 1.54) is 5.56 Å². The molecule has 84 valence electrons. The van der Waals surface area contributed by atoms with Crippen molar-refractivity contribution in [1.29, 1.82) is 0 Å². The lowest BCUT2D eigenvalue weighted by atomic mass is 9.88. The summed E-state index contributed by atoms with van der Waals surface area (Å²) < 4.78 is 1.15. The summed E-state index contributed by atoms with van der Waals surface area (Å²) in [4.78, 5) is 8.62. The van der Waals surface area contributed by atoms with Crippen molar-refractivity contribution in [2.24, 2.45) is 5.73 Å². The fraction of sp³-hybridized carbons (Fsp3) is 0.455. The summed E-state index contributed by atoms with van der Waals surface area (Å²) in [5.41, 5.74) is 8.05. The second-order valence-corrected chi connectivity index (χ2v) is 5.27. The Hall–Kier alpha value is -1.20. The van der Waals surface area contributed by atoms with Gasteiger partial charge in [-0.25, -0.2) is 9.97 Å². The quantitative estimate of drug-likeness (QED) is 0.833. The number of anilines is 1. The molecule has 0 amide bonds. The highest BCUT2D eigenvalue weighted by Gasteiger charge is 2.26. The van der Waals surface area contributed by atoms with E-state index in [0.29, 0.717) is 12.1 Å². The van der Waals surface area contributed by atoms with E-state index in [0.717, 1.165) is 28.9 Å². The fourth-order valence-electron chi connectivity index (χ4n) is 2.05. The molecule has 0 saturated heterocycles. The van der Waals surface area contributed by atoms with E-state index in [-0.39, 0.29) is 0 Å². The van der Waals surface area contributed by atoms with Gasteiger partial charge in [0.1, 0.15) is 12.1 Å². The van der Waals surface area contributed by atoms with Crippen LogP contribution in [0.5, 0.6) is 0 Å². The number of hydrogen-bond donors (Lipinski definition) is 2. The van der Waals surface area contributed by atoms with Gasteiger partial charge in [-0.15, -0.1) is 11.3 Å². The number of hydrogen-bond acceptors (Lipinski definition) is 5. The van der Waals surface area contributed by atoms with E-state index < -0.39 is 0 Å². The van der Waals surface area contributed by atoms with Gasteiger partial charge in [-0.05, 0) is 30.7 Å². The van der Waals surface area contributed by atoms with Crippen molar-refractivity contribution >= 4 is 27.4 Å². The highest BCUT2D eigenvalue weighted by atomic mass is 32.1. The zero-order valence-corrected chi connectivity index (χ0v) is 9.92. The summed E-state index contributed by atoms with van der Waals surface area (Å²) in [7, 11) is 0. The van der Waals surface area contributed by atoms with Crippen LogP contribution in [-0.4, -0.2) is 22.1 Å². The van der Waals surface area contributed by atoms with Crippen LogP contribution in [0.3, 0.4) is 0 Å². The van der Waals surface area contributed by atoms with Gasteiger partial charge < -0.3 is 11.1 Å². The lowest BCUT2D eigenvalue weighted by molar-refractivity contribution is 0.373. The standard InChI is InChI=1S/C11H14N4S/c1-6-4-16-10-9(6)13-5-14-11(10)15-8-2-7(12)3-8/h4-5,7-8H,2-3,12H2,1H3,(H,13,14,15). The van der Waals surface area contributed by atoms with Gasteiger partial charge in [0, 0.05) is 12.1 Å². The molecule has 4 nitrogen and oxygen atoms in total. The molecule has 2 aromatic rings. The van der Waals surface area contributed by atoms with Crippen molar-refractivity contribution in [2.45, 2.75) is 31.8 Å². The monoisotopic (exact) mass is 234 g/mol. The molecule has 2 aromatic heterocycles. The van der Waals surface area contributed by atoms with Crippen LogP contribution in [0.25, 0.3) is 10.2 Å². The van der Waals surface area contributed by atoms with Gasteiger partial charge in [-0.2, -0.15) is 0 Å². The Balaban J connectivity index is 1.91. The maximum atomic E-state index is 5.77. The summed E-state index contributed by atoms with van der Waals surface area (Å²) >= 11 is 1.70. The Kier molecular flexibility index (Phi) is 2.29. The number of aromatic nitrogens is 2. The van der Waals surface area contributed by atoms with Gasteiger partial charge in [0.15, 0.2) is 0 Å². The van der Waals surface area contributed by atoms with E-state index in [1.807, 2.05) is 0 Å². The molecule has 1 aliphatic carbocycles. The summed E-state index contributed by atoms with van der Waals surface area (Å²) in [5, 5.41) is 5.57. The molecule has 16 heavy (non-hydrogen) atoms. The molecule has 0 spiro atoms. The molecule has 0 bridgehead atoms. The Morgan fingerprint density at radius 1 is 1.44 bits per heavy atom. The zero-order valence-electron chi connectivity index (χ0n) is 9.10. The Morgan fingerprint density at radius 2 is 2.25 bits per heavy atom. The molecule has 3 N–H and O–H groups in total. The minimum atomic E-state index is 0.361. The van der Waals surface area contributed by atoms with E-state index in [4.69, 9.17) is 5.73 Å². The zero-order chi connectivity index (χ0) is 11.1. The van der Waals surface area contributed by atoms with Gasteiger partial charge >= 0.3 is 0 Å². The third-order valence-corrected chi connectivity index (χ3v) is 4.14. The molecule has 0 aliphatic heterocycles. The molecule has 0 atom stereocenters. The van der Waals surface area contributed by atoms with Crippen LogP contribution >= 0.6 is 11.3 Å². The van der Waals surface area contributed by atoms with Crippen molar-refractivity contribution in [1.82, 2.24) is 9.97 Å². The van der Waals surface area contributed by atoms with Crippen LogP contribution in [0.15, 0.2) is 11.7 Å². The minimum Gasteiger partial charge on any atom is -0.366 e. The Bertz CT molecular complexity index is 516. The molecule has 2 heterocycles. The van der Waals surface area contributed by atoms with Crippen LogP contribution < -0.4 is 11.1 Å². The van der Waals surface area contributed by atoms with Crippen LogP contribution in [0, 0.1) is 6.92 Å². The topological polar surface area (TPSA) is 63.8 Å². The first-order valence-corrected chi connectivity index (χ1v) is 6.33. The van der Waals surface area contributed by atoms with E-state index in [9.17, 15) is 0 Å². The number of aryl methyl sites for hydroxylation is 1. The average Bonchev–Trinajstić information content (AvgIpc) is 2.60. The predicted molar refractivity (Wildman–Crippen MR) is 66.8 cm³/mol. The molecular formula is C11H14N4S. The van der Waals surface area contributed by atoms with Gasteiger partial charge in [-0.1, -0.05) is 0 Å². The number of rotatable bonds is 2. The molecule has 1 fully saturated rings. The van der Waals surface area contributed by atoms with Crippen LogP contribution in [0.1, 0.15) is 18.4 Å². The average molecular weight is 234 g/mol. The third-order valence-electron chi connectivity index (χ3n) is 3.05. The second-order valence-electron chi connectivity index (χ2n) is 4.39. The number of nitrogens with one attached hydrogen (secondary N) is 1. The highest BCUT2D eigenvalue weighted by molar-refractivity contribution is 7.18. The summed E-state index contributed by atoms with van der Waals surface area (Å²) in [6.07, 6.45) is 3.70. The molecule has 0 radical (unpaired) electrons. The molecule has 1 aliphatic rings. The van der Waals surface area contributed by atoms with E-state index in [1.54, 1.807) is 17.7 Å². The minimum absolute atomic E-state index is 0.361. The maximum absolute atomic E-state index is 5.77. The lowest BCUT2D eigenvalue weighted by Gasteiger charge is -2.33. The van der Waals surface area contributed by atoms with Crippen LogP contribution in [-0.2, 0) is 0 Å². The molecule has 3 rings (SSSR count). The lowest BCUT2D eigenvalue weighted by Crippen LogP contribution is -2.44. The summed E-state index contributed by atoms with van der Waals surface area (Å²) in [5.74, 6) is 0.958. The predicted octanol–water partition coefficient (Wildman–Crippen LogP) is 1.90. The largest absolute Gasteiger partial charge is 0.366 e. The molecule has 0 unspecified atom stereocenters. The third kappa shape index (κ3) is 1.56. The summed E-state index contributed by atoms with van der Waals surface area (Å²) in [6, 6.07) is 0.843. The molecule has 5 heteroatoms. The number of nitrogens with zero attached hydrogens (tertiary/aromatic N) is 2. The number of nitrogens with two attached hydrogens (primary N) is 1. The first-order valence-electron chi connectivity index (χ1n) is 5.45. The van der Waals surface area contributed by atoms with Crippen molar-refractivity contribution in [3.05, 3.63) is 17.3 Å². The van der Waals surface area contributed by atoms with Crippen molar-refractivity contribution < 1.29 is 0 Å². The molecule has 1 saturated carbocycles. The van der Waals surface area contributed by atoms with E-state index in [2.05, 4.69) is 27.6 Å². The Labute approximate surface area is 97.9 Å². The van der Waals surface area contributed by atoms with Crippen LogP contribution in [0.4, 0.5) is 5.82 Å². The first kappa shape index (κ1) is 9.99. The van der Waals surface area contributed by atoms with Gasteiger partial charge in [0.05, 0.1) is 10.2 Å². The number of thiophene rings is 1. The van der Waals surface area contributed by atoms with Crippen molar-refractivity contribution in [3.63, 3.8) is 0 Å². The van der Waals surface area contributed by atoms with Gasteiger partial charge in [0.25, 0.3) is 0 Å². The highest BCUT2D eigenvalue weighted by Crippen LogP contribution is 2.31.